The Morgan fingerprint density at radius 2 is 1.92 bits per heavy atom. The fourth-order valence-electron chi connectivity index (χ4n) is 1.08. The summed E-state index contributed by atoms with van der Waals surface area (Å²) in [5.41, 5.74) is 2.47. The summed E-state index contributed by atoms with van der Waals surface area (Å²) in [6.07, 6.45) is 5.71. The van der Waals surface area contributed by atoms with Gasteiger partial charge in [-0.15, -0.1) is 0 Å². The molecule has 0 aliphatic carbocycles. The van der Waals surface area contributed by atoms with Gasteiger partial charge in [0.15, 0.2) is 0 Å². The SMILES string of the molecule is CC(=CN(C)C)c1ccncc1. The van der Waals surface area contributed by atoms with E-state index in [-0.39, 0.29) is 0 Å². The summed E-state index contributed by atoms with van der Waals surface area (Å²) in [6.45, 7) is 2.09. The Balaban J connectivity index is 2.85. The summed E-state index contributed by atoms with van der Waals surface area (Å²) in [4.78, 5) is 6.00. The number of nitrogens with zero attached hydrogens (tertiary/aromatic N) is 2. The van der Waals surface area contributed by atoms with Crippen LogP contribution in [0.25, 0.3) is 5.57 Å². The third-order valence-electron chi connectivity index (χ3n) is 1.59. The van der Waals surface area contributed by atoms with Crippen molar-refractivity contribution in [3.8, 4) is 0 Å². The highest BCUT2D eigenvalue weighted by atomic mass is 15.0. The second-order valence-corrected chi connectivity index (χ2v) is 3.01. The minimum Gasteiger partial charge on any atom is -0.383 e. The summed E-state index contributed by atoms with van der Waals surface area (Å²) >= 11 is 0. The molecule has 0 bridgehead atoms. The number of hydrogen-bond acceptors (Lipinski definition) is 2. The van der Waals surface area contributed by atoms with Gasteiger partial charge in [0.1, 0.15) is 0 Å². The first-order valence-electron chi connectivity index (χ1n) is 3.95. The maximum Gasteiger partial charge on any atom is 0.0273 e. The first-order valence-corrected chi connectivity index (χ1v) is 3.95. The fourth-order valence-corrected chi connectivity index (χ4v) is 1.08. The predicted octanol–water partition coefficient (Wildman–Crippen LogP) is 2.00. The minimum absolute atomic E-state index is 1.22. The molecule has 0 amide bonds. The van der Waals surface area contributed by atoms with Crippen LogP contribution in [0.5, 0.6) is 0 Å². The summed E-state index contributed by atoms with van der Waals surface area (Å²) < 4.78 is 0. The normalized spacial score (nSPS) is 11.4. The van der Waals surface area contributed by atoms with Crippen LogP contribution in [-0.2, 0) is 0 Å². The van der Waals surface area contributed by atoms with Crippen LogP contribution in [0.2, 0.25) is 0 Å². The summed E-state index contributed by atoms with van der Waals surface area (Å²) in [5, 5.41) is 0. The Hall–Kier alpha value is -1.31. The molecule has 64 valence electrons. The fraction of sp³-hybridized carbons (Fsp3) is 0.300. The Morgan fingerprint density at radius 3 is 2.42 bits per heavy atom. The van der Waals surface area contributed by atoms with Crippen molar-refractivity contribution in [2.75, 3.05) is 14.1 Å². The van der Waals surface area contributed by atoms with Gasteiger partial charge >= 0.3 is 0 Å². The minimum atomic E-state index is 1.22. The van der Waals surface area contributed by atoms with Crippen LogP contribution in [-0.4, -0.2) is 24.0 Å². The molecule has 0 fully saturated rings. The van der Waals surface area contributed by atoms with E-state index in [1.54, 1.807) is 0 Å². The van der Waals surface area contributed by atoms with E-state index in [1.807, 2.05) is 43.5 Å². The molecule has 1 rings (SSSR count). The van der Waals surface area contributed by atoms with E-state index < -0.39 is 0 Å². The quantitative estimate of drug-likeness (QED) is 0.661. The van der Waals surface area contributed by atoms with Gasteiger partial charge in [-0.3, -0.25) is 4.98 Å². The van der Waals surface area contributed by atoms with E-state index >= 15 is 0 Å². The lowest BCUT2D eigenvalue weighted by Crippen LogP contribution is -2.01. The predicted molar refractivity (Wildman–Crippen MR) is 51.6 cm³/mol. The van der Waals surface area contributed by atoms with Crippen LogP contribution >= 0.6 is 0 Å². The molecule has 0 unspecified atom stereocenters. The monoisotopic (exact) mass is 162 g/mol. The maximum atomic E-state index is 3.97. The van der Waals surface area contributed by atoms with Crippen molar-refractivity contribution in [1.82, 2.24) is 9.88 Å². The zero-order chi connectivity index (χ0) is 8.97. The highest BCUT2D eigenvalue weighted by Gasteiger charge is 1.93. The molecule has 12 heavy (non-hydrogen) atoms. The molecule has 0 aliphatic heterocycles. The molecule has 0 spiro atoms. The number of hydrogen-bond donors (Lipinski definition) is 0. The third-order valence-corrected chi connectivity index (χ3v) is 1.59. The van der Waals surface area contributed by atoms with Crippen LogP contribution in [0, 0.1) is 0 Å². The molecular weight excluding hydrogens is 148 g/mol. The van der Waals surface area contributed by atoms with E-state index in [2.05, 4.69) is 18.1 Å². The Kier molecular flexibility index (Phi) is 2.86. The van der Waals surface area contributed by atoms with Crippen molar-refractivity contribution in [2.24, 2.45) is 0 Å². The summed E-state index contributed by atoms with van der Waals surface area (Å²) in [7, 11) is 4.04. The lowest BCUT2D eigenvalue weighted by Gasteiger charge is -2.07. The largest absolute Gasteiger partial charge is 0.383 e. The van der Waals surface area contributed by atoms with Crippen molar-refractivity contribution < 1.29 is 0 Å². The van der Waals surface area contributed by atoms with Gasteiger partial charge in [-0.1, -0.05) is 0 Å². The standard InChI is InChI=1S/C10H14N2/c1-9(8-12(2)3)10-4-6-11-7-5-10/h4-8H,1-3H3. The van der Waals surface area contributed by atoms with Gasteiger partial charge < -0.3 is 4.90 Å². The molecule has 0 aliphatic rings. The molecule has 0 atom stereocenters. The summed E-state index contributed by atoms with van der Waals surface area (Å²) in [5.74, 6) is 0. The number of aromatic nitrogens is 1. The molecule has 0 radical (unpaired) electrons. The number of rotatable bonds is 2. The average Bonchev–Trinajstić information content (AvgIpc) is 2.05. The topological polar surface area (TPSA) is 16.1 Å². The van der Waals surface area contributed by atoms with Gasteiger partial charge in [-0.25, -0.2) is 0 Å². The zero-order valence-electron chi connectivity index (χ0n) is 7.78. The van der Waals surface area contributed by atoms with Crippen molar-refractivity contribution in [3.05, 3.63) is 36.3 Å². The second kappa shape index (κ2) is 3.90. The van der Waals surface area contributed by atoms with Gasteiger partial charge in [0.25, 0.3) is 0 Å². The molecule has 0 saturated carbocycles. The maximum absolute atomic E-state index is 3.97. The van der Waals surface area contributed by atoms with E-state index in [0.717, 1.165) is 0 Å². The van der Waals surface area contributed by atoms with Crippen LogP contribution < -0.4 is 0 Å². The van der Waals surface area contributed by atoms with Gasteiger partial charge in [-0.05, 0) is 30.2 Å². The van der Waals surface area contributed by atoms with Gasteiger partial charge in [0, 0.05) is 32.7 Å². The summed E-state index contributed by atoms with van der Waals surface area (Å²) in [6, 6.07) is 4.02. The van der Waals surface area contributed by atoms with Crippen LogP contribution in [0.15, 0.2) is 30.7 Å². The highest BCUT2D eigenvalue weighted by molar-refractivity contribution is 5.62. The highest BCUT2D eigenvalue weighted by Crippen LogP contribution is 2.11. The average molecular weight is 162 g/mol. The molecule has 1 aromatic rings. The van der Waals surface area contributed by atoms with E-state index in [1.165, 1.54) is 11.1 Å². The van der Waals surface area contributed by atoms with E-state index in [4.69, 9.17) is 0 Å². The second-order valence-electron chi connectivity index (χ2n) is 3.01. The number of allylic oxidation sites excluding steroid dienone is 1. The van der Waals surface area contributed by atoms with Gasteiger partial charge in [0.05, 0.1) is 0 Å². The van der Waals surface area contributed by atoms with Crippen molar-refractivity contribution in [2.45, 2.75) is 6.92 Å². The lowest BCUT2D eigenvalue weighted by atomic mass is 10.1. The molecule has 1 heterocycles. The molecule has 2 nitrogen and oxygen atoms in total. The zero-order valence-corrected chi connectivity index (χ0v) is 7.78. The van der Waals surface area contributed by atoms with Crippen molar-refractivity contribution in [1.29, 1.82) is 0 Å². The smallest absolute Gasteiger partial charge is 0.0273 e. The molecule has 1 aromatic heterocycles. The van der Waals surface area contributed by atoms with Crippen LogP contribution in [0.4, 0.5) is 0 Å². The number of pyridine rings is 1. The Morgan fingerprint density at radius 1 is 1.33 bits per heavy atom. The van der Waals surface area contributed by atoms with Gasteiger partial charge in [-0.2, -0.15) is 0 Å². The van der Waals surface area contributed by atoms with Crippen molar-refractivity contribution in [3.63, 3.8) is 0 Å². The molecular formula is C10H14N2. The van der Waals surface area contributed by atoms with Crippen LogP contribution in [0.1, 0.15) is 12.5 Å². The molecule has 0 aromatic carbocycles. The Labute approximate surface area is 73.5 Å². The lowest BCUT2D eigenvalue weighted by molar-refractivity contribution is 0.565. The molecule has 2 heteroatoms. The third kappa shape index (κ3) is 2.38. The first kappa shape index (κ1) is 8.78. The van der Waals surface area contributed by atoms with E-state index in [0.29, 0.717) is 0 Å². The van der Waals surface area contributed by atoms with Crippen LogP contribution in [0.3, 0.4) is 0 Å². The van der Waals surface area contributed by atoms with Crippen molar-refractivity contribution >= 4 is 5.57 Å². The van der Waals surface area contributed by atoms with Gasteiger partial charge in [0.2, 0.25) is 0 Å². The van der Waals surface area contributed by atoms with E-state index in [9.17, 15) is 0 Å². The first-order chi connectivity index (χ1) is 5.70. The molecule has 0 N–H and O–H groups in total. The Bertz CT molecular complexity index is 262. The molecule has 0 saturated heterocycles.